The van der Waals surface area contributed by atoms with E-state index >= 15 is 0 Å². The summed E-state index contributed by atoms with van der Waals surface area (Å²) in [4.78, 5) is 23.0. The largest absolute Gasteiger partial charge is 0.366 e. The second-order valence-electron chi connectivity index (χ2n) is 7.64. The zero-order valence-electron chi connectivity index (χ0n) is 16.9. The molecule has 5 rings (SSSR count). The summed E-state index contributed by atoms with van der Waals surface area (Å²) in [5.74, 6) is 1.46. The van der Waals surface area contributed by atoms with Crippen LogP contribution in [0.1, 0.15) is 22.5 Å². The Bertz CT molecular complexity index is 1220. The SMILES string of the molecule is Cc1cc2ccccc2n1-c1nc2c(c(NCc3ccccc3)n1)CN(C=O)CC2. The van der Waals surface area contributed by atoms with Gasteiger partial charge in [0.05, 0.1) is 17.8 Å². The second-order valence-corrected chi connectivity index (χ2v) is 7.64. The molecule has 150 valence electrons. The zero-order valence-corrected chi connectivity index (χ0v) is 16.9. The van der Waals surface area contributed by atoms with Crippen molar-refractivity contribution in [2.24, 2.45) is 0 Å². The van der Waals surface area contributed by atoms with Crippen molar-refractivity contribution in [1.82, 2.24) is 19.4 Å². The van der Waals surface area contributed by atoms with E-state index in [0.29, 0.717) is 25.6 Å². The third kappa shape index (κ3) is 3.30. The molecule has 6 nitrogen and oxygen atoms in total. The van der Waals surface area contributed by atoms with Crippen molar-refractivity contribution in [3.8, 4) is 5.95 Å². The molecule has 0 radical (unpaired) electrons. The van der Waals surface area contributed by atoms with Gasteiger partial charge in [-0.1, -0.05) is 48.5 Å². The Balaban J connectivity index is 1.60. The Hall–Kier alpha value is -3.67. The normalized spacial score (nSPS) is 13.3. The molecular weight excluding hydrogens is 374 g/mol. The van der Waals surface area contributed by atoms with Crippen LogP contribution in [0.15, 0.2) is 60.7 Å². The van der Waals surface area contributed by atoms with E-state index in [2.05, 4.69) is 47.1 Å². The van der Waals surface area contributed by atoms with Crippen molar-refractivity contribution in [2.75, 3.05) is 11.9 Å². The number of anilines is 1. The van der Waals surface area contributed by atoms with E-state index in [1.165, 1.54) is 10.9 Å². The van der Waals surface area contributed by atoms with Crippen molar-refractivity contribution in [3.63, 3.8) is 0 Å². The number of fused-ring (bicyclic) bond motifs is 2. The highest BCUT2D eigenvalue weighted by molar-refractivity contribution is 5.82. The molecule has 1 aliphatic rings. The van der Waals surface area contributed by atoms with Gasteiger partial charge in [-0.25, -0.2) is 4.98 Å². The number of hydrogen-bond donors (Lipinski definition) is 1. The number of nitrogens with one attached hydrogen (secondary N) is 1. The lowest BCUT2D eigenvalue weighted by Crippen LogP contribution is -2.31. The second kappa shape index (κ2) is 7.63. The number of carbonyl (C=O) groups excluding carboxylic acids is 1. The molecule has 30 heavy (non-hydrogen) atoms. The third-order valence-corrected chi connectivity index (χ3v) is 5.62. The van der Waals surface area contributed by atoms with E-state index in [9.17, 15) is 4.79 Å². The number of amides is 1. The third-order valence-electron chi connectivity index (χ3n) is 5.62. The number of aryl methyl sites for hydroxylation is 1. The van der Waals surface area contributed by atoms with Crippen molar-refractivity contribution in [1.29, 1.82) is 0 Å². The highest BCUT2D eigenvalue weighted by atomic mass is 16.1. The molecule has 1 aliphatic heterocycles. The predicted molar refractivity (Wildman–Crippen MR) is 118 cm³/mol. The topological polar surface area (TPSA) is 63.1 Å². The van der Waals surface area contributed by atoms with Gasteiger partial charge in [0.2, 0.25) is 12.4 Å². The fourth-order valence-corrected chi connectivity index (χ4v) is 4.10. The zero-order chi connectivity index (χ0) is 20.5. The summed E-state index contributed by atoms with van der Waals surface area (Å²) in [6, 6.07) is 20.7. The van der Waals surface area contributed by atoms with Crippen molar-refractivity contribution in [2.45, 2.75) is 26.4 Å². The number of hydrogen-bond acceptors (Lipinski definition) is 4. The van der Waals surface area contributed by atoms with E-state index in [4.69, 9.17) is 9.97 Å². The van der Waals surface area contributed by atoms with Crippen LogP contribution in [0.2, 0.25) is 0 Å². The number of nitrogens with zero attached hydrogens (tertiary/aromatic N) is 4. The molecule has 1 amide bonds. The van der Waals surface area contributed by atoms with Gasteiger partial charge >= 0.3 is 0 Å². The molecule has 0 aliphatic carbocycles. The van der Waals surface area contributed by atoms with Crippen LogP contribution in [-0.2, 0) is 24.3 Å². The van der Waals surface area contributed by atoms with Gasteiger partial charge in [0.25, 0.3) is 0 Å². The maximum atomic E-state index is 11.4. The Morgan fingerprint density at radius 2 is 1.87 bits per heavy atom. The van der Waals surface area contributed by atoms with Gasteiger partial charge in [0, 0.05) is 36.2 Å². The van der Waals surface area contributed by atoms with E-state index in [1.54, 1.807) is 4.90 Å². The average Bonchev–Trinajstić information content (AvgIpc) is 3.13. The van der Waals surface area contributed by atoms with Gasteiger partial charge in [-0.2, -0.15) is 4.98 Å². The fraction of sp³-hybridized carbons (Fsp3) is 0.208. The van der Waals surface area contributed by atoms with Crippen LogP contribution in [0.4, 0.5) is 5.82 Å². The number of carbonyl (C=O) groups is 1. The first-order chi connectivity index (χ1) is 14.7. The van der Waals surface area contributed by atoms with Crippen LogP contribution >= 0.6 is 0 Å². The Kier molecular flexibility index (Phi) is 4.67. The molecule has 0 atom stereocenters. The molecule has 2 aromatic carbocycles. The Morgan fingerprint density at radius 3 is 2.70 bits per heavy atom. The standard InChI is InChI=1S/C24H23N5O/c1-17-13-19-9-5-6-10-22(19)29(17)24-26-21-11-12-28(16-30)15-20(21)23(27-24)25-14-18-7-3-2-4-8-18/h2-10,13,16H,11-12,14-15H2,1H3,(H,25,26,27). The van der Waals surface area contributed by atoms with Crippen LogP contribution < -0.4 is 5.32 Å². The summed E-state index contributed by atoms with van der Waals surface area (Å²) >= 11 is 0. The first-order valence-electron chi connectivity index (χ1n) is 10.2. The number of para-hydroxylation sites is 1. The number of benzene rings is 2. The van der Waals surface area contributed by atoms with E-state index < -0.39 is 0 Å². The quantitative estimate of drug-likeness (QED) is 0.520. The van der Waals surface area contributed by atoms with Crippen LogP contribution in [-0.4, -0.2) is 32.4 Å². The maximum absolute atomic E-state index is 11.4. The van der Waals surface area contributed by atoms with E-state index in [0.717, 1.165) is 41.1 Å². The summed E-state index contributed by atoms with van der Waals surface area (Å²) in [6.45, 7) is 3.95. The highest BCUT2D eigenvalue weighted by Gasteiger charge is 2.23. The number of rotatable bonds is 5. The summed E-state index contributed by atoms with van der Waals surface area (Å²) < 4.78 is 2.11. The molecule has 0 saturated heterocycles. The molecular formula is C24H23N5O. The van der Waals surface area contributed by atoms with Gasteiger partial charge in [-0.05, 0) is 24.6 Å². The lowest BCUT2D eigenvalue weighted by atomic mass is 10.1. The lowest BCUT2D eigenvalue weighted by molar-refractivity contribution is -0.118. The summed E-state index contributed by atoms with van der Waals surface area (Å²) in [5.41, 5.74) is 5.37. The van der Waals surface area contributed by atoms with Crippen LogP contribution in [0.5, 0.6) is 0 Å². The summed E-state index contributed by atoms with van der Waals surface area (Å²) in [5, 5.41) is 4.67. The van der Waals surface area contributed by atoms with Crippen LogP contribution in [0.3, 0.4) is 0 Å². The molecule has 3 heterocycles. The van der Waals surface area contributed by atoms with Gasteiger partial charge < -0.3 is 10.2 Å². The molecule has 0 fully saturated rings. The minimum Gasteiger partial charge on any atom is -0.366 e. The van der Waals surface area contributed by atoms with Crippen LogP contribution in [0, 0.1) is 6.92 Å². The number of aromatic nitrogens is 3. The molecule has 2 aromatic heterocycles. The minimum absolute atomic E-state index is 0.529. The molecule has 0 saturated carbocycles. The summed E-state index contributed by atoms with van der Waals surface area (Å²) in [6.07, 6.45) is 1.63. The lowest BCUT2D eigenvalue weighted by Gasteiger charge is -2.27. The average molecular weight is 397 g/mol. The van der Waals surface area contributed by atoms with Crippen molar-refractivity contribution >= 4 is 23.1 Å². The fourth-order valence-electron chi connectivity index (χ4n) is 4.10. The molecule has 0 unspecified atom stereocenters. The van der Waals surface area contributed by atoms with Gasteiger partial charge in [0.15, 0.2) is 0 Å². The Morgan fingerprint density at radius 1 is 1.07 bits per heavy atom. The van der Waals surface area contributed by atoms with E-state index in [1.807, 2.05) is 30.3 Å². The van der Waals surface area contributed by atoms with Crippen molar-refractivity contribution < 1.29 is 4.79 Å². The predicted octanol–water partition coefficient (Wildman–Crippen LogP) is 3.86. The first kappa shape index (κ1) is 18.4. The molecule has 0 bridgehead atoms. The molecule has 6 heteroatoms. The minimum atomic E-state index is 0.529. The van der Waals surface area contributed by atoms with E-state index in [-0.39, 0.29) is 0 Å². The highest BCUT2D eigenvalue weighted by Crippen LogP contribution is 2.28. The monoisotopic (exact) mass is 397 g/mol. The molecule has 0 spiro atoms. The molecule has 4 aromatic rings. The maximum Gasteiger partial charge on any atom is 0.236 e. The first-order valence-corrected chi connectivity index (χ1v) is 10.2. The van der Waals surface area contributed by atoms with Crippen LogP contribution in [0.25, 0.3) is 16.9 Å². The van der Waals surface area contributed by atoms with Gasteiger partial charge in [-0.15, -0.1) is 0 Å². The summed E-state index contributed by atoms with van der Waals surface area (Å²) in [7, 11) is 0. The Labute approximate surface area is 175 Å². The van der Waals surface area contributed by atoms with Crippen molar-refractivity contribution in [3.05, 3.63) is 83.2 Å². The smallest absolute Gasteiger partial charge is 0.236 e. The van der Waals surface area contributed by atoms with Gasteiger partial charge in [0.1, 0.15) is 5.82 Å². The molecule has 1 N–H and O–H groups in total. The van der Waals surface area contributed by atoms with Gasteiger partial charge in [-0.3, -0.25) is 9.36 Å².